The van der Waals surface area contributed by atoms with Gasteiger partial charge in [-0.3, -0.25) is 9.59 Å². The lowest BCUT2D eigenvalue weighted by molar-refractivity contribution is 0.0524. The minimum absolute atomic E-state index is 0.0121. The van der Waals surface area contributed by atoms with Gasteiger partial charge in [0.25, 0.3) is 0 Å². The van der Waals surface area contributed by atoms with Crippen LogP contribution in [0, 0.1) is 5.41 Å². The van der Waals surface area contributed by atoms with E-state index in [1.807, 2.05) is 0 Å². The summed E-state index contributed by atoms with van der Waals surface area (Å²) >= 11 is 6.03. The minimum atomic E-state index is -0.789. The van der Waals surface area contributed by atoms with Gasteiger partial charge >= 0.3 is 5.97 Å². The van der Waals surface area contributed by atoms with Gasteiger partial charge in [0.1, 0.15) is 10.7 Å². The first kappa shape index (κ1) is 14.3. The van der Waals surface area contributed by atoms with Crippen molar-refractivity contribution in [3.63, 3.8) is 0 Å². The Labute approximate surface area is 126 Å². The molecule has 112 valence electrons. The van der Waals surface area contributed by atoms with Gasteiger partial charge < -0.3 is 9.72 Å². The normalized spacial score (nSPS) is 19.0. The second-order valence-electron chi connectivity index (χ2n) is 5.85. The smallest absolute Gasteiger partial charge is 0.345 e. The van der Waals surface area contributed by atoms with Crippen LogP contribution < -0.4 is 5.43 Å². The molecule has 21 heavy (non-hydrogen) atoms. The zero-order valence-corrected chi connectivity index (χ0v) is 12.5. The zero-order chi connectivity index (χ0) is 15.2. The van der Waals surface area contributed by atoms with E-state index in [0.29, 0.717) is 18.5 Å². The largest absolute Gasteiger partial charge is 0.462 e. The van der Waals surface area contributed by atoms with Gasteiger partial charge in [-0.15, -0.1) is 0 Å². The monoisotopic (exact) mass is 309 g/mol. The molecule has 0 amide bonds. The second kappa shape index (κ2) is 4.98. The number of hydrogen-bond donors (Lipinski definition) is 1. The molecule has 2 aliphatic rings. The molecule has 0 atom stereocenters. The number of aromatic amines is 1. The van der Waals surface area contributed by atoms with Gasteiger partial charge in [0.15, 0.2) is 5.78 Å². The van der Waals surface area contributed by atoms with Gasteiger partial charge in [-0.25, -0.2) is 4.79 Å². The van der Waals surface area contributed by atoms with Crippen molar-refractivity contribution in [2.45, 2.75) is 39.0 Å². The molecule has 1 fully saturated rings. The highest BCUT2D eigenvalue weighted by molar-refractivity contribution is 6.32. The number of pyridine rings is 1. The highest BCUT2D eigenvalue weighted by Crippen LogP contribution is 2.49. The molecule has 5 nitrogen and oxygen atoms in total. The fourth-order valence-electron chi connectivity index (χ4n) is 3.33. The molecule has 1 aromatic rings. The topological polar surface area (TPSA) is 76.2 Å². The quantitative estimate of drug-likeness (QED) is 0.672. The molecule has 1 aromatic heterocycles. The van der Waals surface area contributed by atoms with E-state index in [2.05, 4.69) is 4.98 Å². The van der Waals surface area contributed by atoms with Crippen LogP contribution in [-0.2, 0) is 11.2 Å². The van der Waals surface area contributed by atoms with E-state index >= 15 is 0 Å². The molecule has 3 rings (SSSR count). The Hall–Kier alpha value is -1.62. The molecule has 0 unspecified atom stereocenters. The Bertz CT molecular complexity index is 688. The van der Waals surface area contributed by atoms with Crippen LogP contribution in [0.25, 0.3) is 0 Å². The third kappa shape index (κ3) is 2.20. The lowest BCUT2D eigenvalue weighted by Gasteiger charge is -2.44. The molecule has 0 aliphatic heterocycles. The molecule has 1 heterocycles. The predicted octanol–water partition coefficient (Wildman–Crippen LogP) is 2.50. The molecule has 1 N–H and O–H groups in total. The van der Waals surface area contributed by atoms with Crippen molar-refractivity contribution in [2.75, 3.05) is 6.61 Å². The lowest BCUT2D eigenvalue weighted by atomic mass is 9.60. The first-order valence-corrected chi connectivity index (χ1v) is 7.50. The number of halogens is 1. The maximum Gasteiger partial charge on any atom is 0.345 e. The van der Waals surface area contributed by atoms with Crippen LogP contribution in [-0.4, -0.2) is 23.3 Å². The number of ketones is 1. The fourth-order valence-corrected chi connectivity index (χ4v) is 3.61. The van der Waals surface area contributed by atoms with Crippen molar-refractivity contribution in [2.24, 2.45) is 5.41 Å². The number of nitrogens with one attached hydrogen (secondary N) is 1. The van der Waals surface area contributed by atoms with Crippen molar-refractivity contribution >= 4 is 23.4 Å². The van der Waals surface area contributed by atoms with Crippen molar-refractivity contribution in [3.05, 3.63) is 32.2 Å². The van der Waals surface area contributed by atoms with Crippen molar-refractivity contribution < 1.29 is 14.3 Å². The SMILES string of the molecule is CCOC(=O)c1c(Cl)[nH]c2c(c1=O)C(=O)CC1(CCC1)C2. The summed E-state index contributed by atoms with van der Waals surface area (Å²) in [5.74, 6) is -0.984. The number of hydrogen-bond acceptors (Lipinski definition) is 4. The molecule has 0 bridgehead atoms. The van der Waals surface area contributed by atoms with Gasteiger partial charge in [-0.2, -0.15) is 0 Å². The molecule has 0 aromatic carbocycles. The maximum atomic E-state index is 12.5. The van der Waals surface area contributed by atoms with Gasteiger partial charge in [0, 0.05) is 12.1 Å². The summed E-state index contributed by atoms with van der Waals surface area (Å²) in [4.78, 5) is 39.5. The van der Waals surface area contributed by atoms with Crippen molar-refractivity contribution in [3.8, 4) is 0 Å². The van der Waals surface area contributed by atoms with Gasteiger partial charge in [0.2, 0.25) is 5.43 Å². The summed E-state index contributed by atoms with van der Waals surface area (Å²) in [7, 11) is 0. The Morgan fingerprint density at radius 3 is 2.62 bits per heavy atom. The lowest BCUT2D eigenvalue weighted by Crippen LogP contribution is -2.41. The van der Waals surface area contributed by atoms with Crippen LogP contribution in [0.4, 0.5) is 0 Å². The summed E-state index contributed by atoms with van der Waals surface area (Å²) < 4.78 is 4.83. The average Bonchev–Trinajstić information content (AvgIpc) is 2.35. The van der Waals surface area contributed by atoms with Crippen LogP contribution in [0.3, 0.4) is 0 Å². The average molecular weight is 310 g/mol. The Balaban J connectivity index is 2.10. The molecular weight excluding hydrogens is 294 g/mol. The minimum Gasteiger partial charge on any atom is -0.462 e. The number of carbonyl (C=O) groups excluding carboxylic acids is 2. The van der Waals surface area contributed by atoms with Crippen molar-refractivity contribution in [1.82, 2.24) is 4.98 Å². The Kier molecular flexibility index (Phi) is 3.40. The molecule has 0 radical (unpaired) electrons. The second-order valence-corrected chi connectivity index (χ2v) is 6.23. The predicted molar refractivity (Wildman–Crippen MR) is 77.0 cm³/mol. The maximum absolute atomic E-state index is 12.5. The summed E-state index contributed by atoms with van der Waals surface area (Å²) in [6.45, 7) is 1.78. The fraction of sp³-hybridized carbons (Fsp3) is 0.533. The van der Waals surface area contributed by atoms with E-state index in [-0.39, 0.29) is 34.1 Å². The van der Waals surface area contributed by atoms with Crippen LogP contribution >= 0.6 is 11.6 Å². The number of rotatable bonds is 2. The van der Waals surface area contributed by atoms with Gasteiger partial charge in [-0.05, 0) is 31.6 Å². The number of H-pyrrole nitrogens is 1. The molecular formula is C15H16ClNO4. The molecule has 0 saturated heterocycles. The summed E-state index contributed by atoms with van der Waals surface area (Å²) in [5, 5.41) is -0.0404. The van der Waals surface area contributed by atoms with Crippen LogP contribution in [0.2, 0.25) is 5.15 Å². The van der Waals surface area contributed by atoms with Crippen LogP contribution in [0.15, 0.2) is 4.79 Å². The molecule has 1 saturated carbocycles. The van der Waals surface area contributed by atoms with Crippen molar-refractivity contribution in [1.29, 1.82) is 0 Å². The number of fused-ring (bicyclic) bond motifs is 1. The van der Waals surface area contributed by atoms with Crippen LogP contribution in [0.5, 0.6) is 0 Å². The van der Waals surface area contributed by atoms with E-state index in [4.69, 9.17) is 16.3 Å². The molecule has 1 spiro atoms. The third-order valence-electron chi connectivity index (χ3n) is 4.50. The molecule has 6 heteroatoms. The summed E-state index contributed by atoms with van der Waals surface area (Å²) in [5.41, 5.74) is -0.238. The first-order chi connectivity index (χ1) is 9.97. The first-order valence-electron chi connectivity index (χ1n) is 7.12. The van der Waals surface area contributed by atoms with Gasteiger partial charge in [0.05, 0.1) is 12.2 Å². The number of aromatic nitrogens is 1. The summed E-state index contributed by atoms with van der Waals surface area (Å²) in [6.07, 6.45) is 4.13. The van der Waals surface area contributed by atoms with E-state index in [1.54, 1.807) is 6.92 Å². The Morgan fingerprint density at radius 1 is 1.33 bits per heavy atom. The number of ether oxygens (including phenoxy) is 1. The standard InChI is InChI=1S/C15H16ClNO4/c1-2-21-14(20)11-12(19)10-8(17-13(11)16)6-15(4-3-5-15)7-9(10)18/h2-7H2,1H3,(H,17,19). The number of carbonyl (C=O) groups is 2. The Morgan fingerprint density at radius 2 is 2.05 bits per heavy atom. The summed E-state index contributed by atoms with van der Waals surface area (Å²) in [6, 6.07) is 0. The van der Waals surface area contributed by atoms with Gasteiger partial charge in [-0.1, -0.05) is 18.0 Å². The highest BCUT2D eigenvalue weighted by atomic mass is 35.5. The molecule has 2 aliphatic carbocycles. The number of Topliss-reactive ketones (excluding diaryl/α,β-unsaturated/α-hetero) is 1. The van der Waals surface area contributed by atoms with E-state index in [9.17, 15) is 14.4 Å². The van der Waals surface area contributed by atoms with Crippen LogP contribution in [0.1, 0.15) is 59.0 Å². The van der Waals surface area contributed by atoms with E-state index in [0.717, 1.165) is 19.3 Å². The van der Waals surface area contributed by atoms with E-state index < -0.39 is 11.4 Å². The highest BCUT2D eigenvalue weighted by Gasteiger charge is 2.45. The number of esters is 1. The zero-order valence-electron chi connectivity index (χ0n) is 11.8. The third-order valence-corrected chi connectivity index (χ3v) is 4.78. The van der Waals surface area contributed by atoms with E-state index in [1.165, 1.54) is 0 Å².